The highest BCUT2D eigenvalue weighted by molar-refractivity contribution is 7.98. The molecule has 1 fully saturated rings. The predicted octanol–water partition coefficient (Wildman–Crippen LogP) is 0.790. The molecule has 1 atom stereocenters. The summed E-state index contributed by atoms with van der Waals surface area (Å²) in [5.74, 6) is 0.250. The SMILES string of the molecule is CSc1nc2nc(C)c(CC(=O)N[C@@H]3CCCCNC3=O)c(C)n2n1. The summed E-state index contributed by atoms with van der Waals surface area (Å²) in [5.41, 5.74) is 2.41. The molecule has 0 radical (unpaired) electrons. The molecule has 0 aromatic carbocycles. The third-order valence-corrected chi connectivity index (χ3v) is 4.96. The predicted molar refractivity (Wildman–Crippen MR) is 94.5 cm³/mol. The second-order valence-corrected chi connectivity index (χ2v) is 6.93. The highest BCUT2D eigenvalue weighted by Gasteiger charge is 2.23. The van der Waals surface area contributed by atoms with E-state index < -0.39 is 6.04 Å². The van der Waals surface area contributed by atoms with Crippen LogP contribution in [-0.4, -0.2) is 50.2 Å². The van der Waals surface area contributed by atoms with E-state index in [4.69, 9.17) is 0 Å². The molecule has 134 valence electrons. The van der Waals surface area contributed by atoms with Crippen LogP contribution in [0.25, 0.3) is 5.78 Å². The first kappa shape index (κ1) is 17.7. The normalized spacial score (nSPS) is 18.0. The van der Waals surface area contributed by atoms with E-state index in [2.05, 4.69) is 25.7 Å². The molecule has 2 aromatic heterocycles. The molecule has 0 spiro atoms. The molecule has 3 heterocycles. The molecule has 25 heavy (non-hydrogen) atoms. The van der Waals surface area contributed by atoms with Gasteiger partial charge in [-0.15, -0.1) is 5.10 Å². The number of amides is 2. The minimum atomic E-state index is -0.457. The average molecular weight is 362 g/mol. The topological polar surface area (TPSA) is 101 Å². The fourth-order valence-corrected chi connectivity index (χ4v) is 3.35. The third-order valence-electron chi connectivity index (χ3n) is 4.42. The van der Waals surface area contributed by atoms with Crippen LogP contribution >= 0.6 is 11.8 Å². The zero-order chi connectivity index (χ0) is 18.0. The lowest BCUT2D eigenvalue weighted by molar-refractivity contribution is -0.128. The van der Waals surface area contributed by atoms with Gasteiger partial charge in [-0.2, -0.15) is 4.98 Å². The van der Waals surface area contributed by atoms with E-state index in [0.717, 1.165) is 29.8 Å². The van der Waals surface area contributed by atoms with Crippen LogP contribution < -0.4 is 10.6 Å². The Morgan fingerprint density at radius 2 is 2.16 bits per heavy atom. The van der Waals surface area contributed by atoms with Gasteiger partial charge in [-0.1, -0.05) is 11.8 Å². The lowest BCUT2D eigenvalue weighted by Gasteiger charge is -2.16. The van der Waals surface area contributed by atoms with Gasteiger partial charge in [0.05, 0.1) is 6.42 Å². The molecule has 9 heteroatoms. The van der Waals surface area contributed by atoms with Gasteiger partial charge < -0.3 is 10.6 Å². The fourth-order valence-electron chi connectivity index (χ4n) is 3.02. The van der Waals surface area contributed by atoms with Gasteiger partial charge in [0.25, 0.3) is 5.78 Å². The zero-order valence-electron chi connectivity index (χ0n) is 14.6. The highest BCUT2D eigenvalue weighted by Crippen LogP contribution is 2.17. The molecule has 1 aliphatic heterocycles. The fraction of sp³-hybridized carbons (Fsp3) is 0.562. The van der Waals surface area contributed by atoms with E-state index in [9.17, 15) is 9.59 Å². The summed E-state index contributed by atoms with van der Waals surface area (Å²) in [6, 6.07) is -0.457. The molecular formula is C16H22N6O2S. The maximum absolute atomic E-state index is 12.5. The average Bonchev–Trinajstić information content (AvgIpc) is 2.89. The highest BCUT2D eigenvalue weighted by atomic mass is 32.2. The van der Waals surface area contributed by atoms with E-state index >= 15 is 0 Å². The maximum Gasteiger partial charge on any atom is 0.253 e. The molecular weight excluding hydrogens is 340 g/mol. The zero-order valence-corrected chi connectivity index (χ0v) is 15.4. The first-order chi connectivity index (χ1) is 12.0. The summed E-state index contributed by atoms with van der Waals surface area (Å²) >= 11 is 1.45. The van der Waals surface area contributed by atoms with Crippen molar-refractivity contribution >= 4 is 29.4 Å². The van der Waals surface area contributed by atoms with Gasteiger partial charge in [0.1, 0.15) is 6.04 Å². The van der Waals surface area contributed by atoms with E-state index in [-0.39, 0.29) is 18.2 Å². The van der Waals surface area contributed by atoms with Crippen molar-refractivity contribution in [3.05, 3.63) is 17.0 Å². The number of carbonyl (C=O) groups excluding carboxylic acids is 2. The van der Waals surface area contributed by atoms with E-state index in [0.29, 0.717) is 23.9 Å². The molecule has 0 bridgehead atoms. The Morgan fingerprint density at radius 3 is 2.92 bits per heavy atom. The number of hydrogen-bond donors (Lipinski definition) is 2. The van der Waals surface area contributed by atoms with Crippen molar-refractivity contribution in [3.8, 4) is 0 Å². The van der Waals surface area contributed by atoms with Crippen LogP contribution in [0.15, 0.2) is 5.16 Å². The van der Waals surface area contributed by atoms with Crippen LogP contribution in [-0.2, 0) is 16.0 Å². The molecule has 0 unspecified atom stereocenters. The number of carbonyl (C=O) groups is 2. The molecule has 2 amide bonds. The summed E-state index contributed by atoms with van der Waals surface area (Å²) in [4.78, 5) is 33.2. The van der Waals surface area contributed by atoms with E-state index in [1.807, 2.05) is 20.1 Å². The van der Waals surface area contributed by atoms with Gasteiger partial charge in [0.15, 0.2) is 0 Å². The van der Waals surface area contributed by atoms with Gasteiger partial charge in [-0.25, -0.2) is 9.50 Å². The van der Waals surface area contributed by atoms with Crippen molar-refractivity contribution in [1.82, 2.24) is 30.2 Å². The van der Waals surface area contributed by atoms with Gasteiger partial charge >= 0.3 is 0 Å². The number of nitrogens with zero attached hydrogens (tertiary/aromatic N) is 4. The number of fused-ring (bicyclic) bond motifs is 1. The number of nitrogens with one attached hydrogen (secondary N) is 2. The quantitative estimate of drug-likeness (QED) is 0.780. The summed E-state index contributed by atoms with van der Waals surface area (Å²) < 4.78 is 1.67. The van der Waals surface area contributed by atoms with Crippen molar-refractivity contribution in [1.29, 1.82) is 0 Å². The lowest BCUT2D eigenvalue weighted by atomic mass is 10.1. The Kier molecular flexibility index (Phi) is 5.22. The second-order valence-electron chi connectivity index (χ2n) is 6.16. The molecule has 1 aliphatic rings. The van der Waals surface area contributed by atoms with E-state index in [1.165, 1.54) is 11.8 Å². The van der Waals surface area contributed by atoms with Crippen molar-refractivity contribution in [2.45, 2.75) is 50.7 Å². The first-order valence-electron chi connectivity index (χ1n) is 8.33. The third kappa shape index (κ3) is 3.76. The molecule has 0 aliphatic carbocycles. The molecule has 3 rings (SSSR count). The van der Waals surface area contributed by atoms with Crippen LogP contribution in [0.3, 0.4) is 0 Å². The van der Waals surface area contributed by atoms with Gasteiger partial charge in [0, 0.05) is 23.5 Å². The molecule has 2 aromatic rings. The Labute approximate surface area is 150 Å². The number of aromatic nitrogens is 4. The molecule has 0 saturated carbocycles. The van der Waals surface area contributed by atoms with Crippen molar-refractivity contribution in [3.63, 3.8) is 0 Å². The Balaban J connectivity index is 1.79. The number of thioether (sulfide) groups is 1. The van der Waals surface area contributed by atoms with Crippen molar-refractivity contribution in [2.75, 3.05) is 12.8 Å². The van der Waals surface area contributed by atoms with Crippen LogP contribution in [0.5, 0.6) is 0 Å². The summed E-state index contributed by atoms with van der Waals surface area (Å²) in [7, 11) is 0. The van der Waals surface area contributed by atoms with Crippen LogP contribution in [0.1, 0.15) is 36.2 Å². The van der Waals surface area contributed by atoms with Crippen molar-refractivity contribution in [2.24, 2.45) is 0 Å². The smallest absolute Gasteiger partial charge is 0.253 e. The number of rotatable bonds is 4. The van der Waals surface area contributed by atoms with Crippen molar-refractivity contribution < 1.29 is 9.59 Å². The lowest BCUT2D eigenvalue weighted by Crippen LogP contribution is -2.46. The second kappa shape index (κ2) is 7.38. The van der Waals surface area contributed by atoms with E-state index in [1.54, 1.807) is 4.52 Å². The van der Waals surface area contributed by atoms with Gasteiger partial charge in [0.2, 0.25) is 17.0 Å². The van der Waals surface area contributed by atoms with Gasteiger partial charge in [-0.3, -0.25) is 9.59 Å². The summed E-state index contributed by atoms with van der Waals surface area (Å²) in [5, 5.41) is 10.7. The van der Waals surface area contributed by atoms with Crippen LogP contribution in [0.2, 0.25) is 0 Å². The Morgan fingerprint density at radius 1 is 1.36 bits per heavy atom. The number of hydrogen-bond acceptors (Lipinski definition) is 6. The Bertz CT molecular complexity index is 819. The molecule has 2 N–H and O–H groups in total. The Hall–Kier alpha value is -2.16. The molecule has 1 saturated heterocycles. The maximum atomic E-state index is 12.5. The van der Waals surface area contributed by atoms with Crippen LogP contribution in [0.4, 0.5) is 0 Å². The standard InChI is InChI=1S/C16H22N6O2S/c1-9-11(10(2)22-15(18-9)20-16(21-22)25-3)8-13(23)19-12-6-4-5-7-17-14(12)24/h12H,4-8H2,1-3H3,(H,17,24)(H,19,23)/t12-/m1/s1. The number of aryl methyl sites for hydroxylation is 2. The summed E-state index contributed by atoms with van der Waals surface area (Å²) in [6.45, 7) is 4.44. The first-order valence-corrected chi connectivity index (χ1v) is 9.56. The minimum Gasteiger partial charge on any atom is -0.354 e. The summed E-state index contributed by atoms with van der Waals surface area (Å²) in [6.07, 6.45) is 4.61. The monoisotopic (exact) mass is 362 g/mol. The largest absolute Gasteiger partial charge is 0.354 e. The van der Waals surface area contributed by atoms with Crippen LogP contribution in [0, 0.1) is 13.8 Å². The molecule has 8 nitrogen and oxygen atoms in total. The van der Waals surface area contributed by atoms with Gasteiger partial charge in [-0.05, 0) is 39.4 Å². The minimum absolute atomic E-state index is 0.103.